The van der Waals surface area contributed by atoms with Crippen LogP contribution in [0.15, 0.2) is 140 Å². The van der Waals surface area contributed by atoms with Crippen molar-refractivity contribution in [2.75, 3.05) is 37.7 Å². The van der Waals surface area contributed by atoms with E-state index in [1.807, 2.05) is 0 Å². The van der Waals surface area contributed by atoms with Gasteiger partial charge in [-0.05, 0) is 0 Å². The maximum atomic E-state index is 4.85. The second-order valence-electron chi connectivity index (χ2n) is 25.1. The number of anilines is 4. The quantitative estimate of drug-likeness (QED) is 0.0464. The first kappa shape index (κ1) is 75.5. The molecule has 8 radical (unpaired) electrons. The van der Waals surface area contributed by atoms with Gasteiger partial charge in [0.15, 0.2) is 0 Å². The van der Waals surface area contributed by atoms with Gasteiger partial charge in [-0.25, -0.2) is 0 Å². The first-order chi connectivity index (χ1) is 39.3. The van der Waals surface area contributed by atoms with Crippen LogP contribution >= 0.6 is 0 Å². The van der Waals surface area contributed by atoms with Crippen molar-refractivity contribution in [3.05, 3.63) is 164 Å². The summed E-state index contributed by atoms with van der Waals surface area (Å²) >= 11 is 4.01. The van der Waals surface area contributed by atoms with Crippen LogP contribution in [0.5, 0.6) is 0 Å². The molecule has 8 nitrogen and oxygen atoms in total. The number of allylic oxidation sites excluding steroid dienone is 8. The molecule has 444 valence electrons. The molecule has 0 bridgehead atoms. The van der Waals surface area contributed by atoms with Crippen molar-refractivity contribution in [2.24, 2.45) is 20.0 Å². The van der Waals surface area contributed by atoms with Crippen molar-refractivity contribution >= 4 is 144 Å². The minimum atomic E-state index is 0.485. The molecule has 0 saturated carbocycles. The summed E-state index contributed by atoms with van der Waals surface area (Å²) < 4.78 is 9.86. The third kappa shape index (κ3) is 22.4. The molecule has 0 aliphatic rings. The van der Waals surface area contributed by atoms with Crippen LogP contribution < -0.4 is 11.6 Å². The van der Waals surface area contributed by atoms with Crippen LogP contribution in [0.25, 0.3) is 0 Å². The summed E-state index contributed by atoms with van der Waals surface area (Å²) in [6, 6.07) is 27.1. The Labute approximate surface area is 573 Å². The molecule has 0 aliphatic carbocycles. The fraction of sp³-hybridized carbons (Fsp3) is 0.500. The van der Waals surface area contributed by atoms with E-state index < -0.39 is 0 Å². The van der Waals surface area contributed by atoms with Gasteiger partial charge >= 0.3 is 580 Å². The fourth-order valence-electron chi connectivity index (χ4n) is 10.4. The number of nitrogens with zero attached hydrogens (tertiary/aromatic N) is 8. The number of rotatable bonds is 26. The van der Waals surface area contributed by atoms with E-state index in [-0.39, 0.29) is 0 Å². The predicted molar refractivity (Wildman–Crippen MR) is 378 cm³/mol. The van der Waals surface area contributed by atoms with Gasteiger partial charge in [0, 0.05) is 0 Å². The van der Waals surface area contributed by atoms with Gasteiger partial charge in [0.05, 0.1) is 0 Å². The molecule has 0 aliphatic heterocycles. The normalized spacial score (nSPS) is 13.6. The first-order valence-corrected chi connectivity index (χ1v) is 36.7. The van der Waals surface area contributed by atoms with E-state index in [1.165, 1.54) is 90.0 Å². The zero-order valence-electron chi connectivity index (χ0n) is 56.6. The molecule has 4 aromatic rings. The number of para-hydroxylation sites is 4. The molecule has 0 atom stereocenters. The molecular weight excluding hydrogens is 1440 g/mol. The van der Waals surface area contributed by atoms with Gasteiger partial charge in [-0.3, -0.25) is 0 Å². The van der Waals surface area contributed by atoms with Crippen molar-refractivity contribution in [3.63, 3.8) is 0 Å². The standard InChI is InChI=1S/2C36H52N4.4In/c2*1-23(2)31-15-13-16-32(24(3)4)35(31)39-29(11)21-27(9)37-19-20-38-28(10)22-30(12)40-36-33(25(5)6)17-14-18-34(36)26(7)8;;;;/h2*13-18,21-26H,19-20H2,1-12H3;;;;/q2*-2;4*+1/b2*29-21-,30-22-,37-27?,38-28?;;;;. The van der Waals surface area contributed by atoms with E-state index in [9.17, 15) is 0 Å². The molecule has 0 unspecified atom stereocenters. The van der Waals surface area contributed by atoms with E-state index >= 15 is 0 Å². The maximum absolute atomic E-state index is 4.85. The van der Waals surface area contributed by atoms with E-state index in [0.29, 0.717) is 73.5 Å². The van der Waals surface area contributed by atoms with Crippen LogP contribution in [-0.4, -0.2) is 148 Å². The summed E-state index contributed by atoms with van der Waals surface area (Å²) in [5, 5.41) is 0. The second-order valence-corrected chi connectivity index (χ2v) is 31.0. The molecular formula is C72H104In4N8. The van der Waals surface area contributed by atoms with Crippen LogP contribution in [0.1, 0.15) is 258 Å². The average Bonchev–Trinajstić information content (AvgIpc) is 2.64. The molecule has 0 saturated heterocycles. The summed E-state index contributed by atoms with van der Waals surface area (Å²) in [5.74, 6) is 3.88. The molecule has 0 heterocycles. The van der Waals surface area contributed by atoms with Crippen LogP contribution in [0.3, 0.4) is 0 Å². The Bertz CT molecular complexity index is 2530. The molecule has 0 spiro atoms. The molecule has 4 rings (SSSR count). The number of benzene rings is 4. The molecule has 0 N–H and O–H groups in total. The number of hydrogen-bond donors (Lipinski definition) is 0. The third-order valence-electron chi connectivity index (χ3n) is 15.2. The zero-order valence-corrected chi connectivity index (χ0v) is 69.8. The Hall–Kier alpha value is -2.80. The van der Waals surface area contributed by atoms with Crippen LogP contribution in [0.2, 0.25) is 0 Å². The van der Waals surface area contributed by atoms with Crippen molar-refractivity contribution in [2.45, 2.75) is 214 Å². The molecule has 4 aromatic carbocycles. The van der Waals surface area contributed by atoms with Crippen molar-refractivity contribution in [3.8, 4) is 0 Å². The Morgan fingerprint density at radius 3 is 0.536 bits per heavy atom. The topological polar surface area (TPSA) is 62.4 Å². The van der Waals surface area contributed by atoms with Crippen LogP contribution in [-0.2, 0) is 0 Å². The molecule has 12 heteroatoms. The SMILES string of the molecule is CC(/C=C(/C)[N]([In])c1c(C(C)C)cccc1C(C)C)=NCCN=C(C)/C=C(/C)[N]([In])c1c(C(C)C)cccc1C(C)C.CC(/C=C(/C)[N]([In])c1c(C(C)C)cccc1C(C)C)=NCCN=C(C)/C=C(/C)[N]([In])c1c(C(C)C)cccc1C(C)C. The molecule has 0 aromatic heterocycles. The van der Waals surface area contributed by atoms with Crippen molar-refractivity contribution in [1.29, 1.82) is 0 Å². The van der Waals surface area contributed by atoms with Gasteiger partial charge in [-0.1, -0.05) is 0 Å². The number of hydrogen-bond acceptors (Lipinski definition) is 8. The summed E-state index contributed by atoms with van der Waals surface area (Å²) in [7, 11) is 0. The first-order valence-electron chi connectivity index (χ1n) is 30.8. The van der Waals surface area contributed by atoms with Gasteiger partial charge in [0.1, 0.15) is 0 Å². The van der Waals surface area contributed by atoms with Gasteiger partial charge < -0.3 is 0 Å². The van der Waals surface area contributed by atoms with Gasteiger partial charge in [0.2, 0.25) is 0 Å². The second kappa shape index (κ2) is 36.6. The number of aliphatic imine (C=N–C) groups is 4. The van der Waals surface area contributed by atoms with Crippen molar-refractivity contribution < 1.29 is 0 Å². The van der Waals surface area contributed by atoms with Crippen LogP contribution in [0, 0.1) is 0 Å². The van der Waals surface area contributed by atoms with Crippen molar-refractivity contribution in [1.82, 2.24) is 0 Å². The average molecular weight is 1540 g/mol. The Balaban J connectivity index is 0.000000440. The summed E-state index contributed by atoms with van der Waals surface area (Å²) in [6.07, 6.45) is 8.91. The van der Waals surface area contributed by atoms with E-state index in [2.05, 4.69) is 275 Å². The molecule has 0 amide bonds. The monoisotopic (exact) mass is 1540 g/mol. The minimum absolute atomic E-state index is 0.485. The Morgan fingerprint density at radius 1 is 0.286 bits per heavy atom. The van der Waals surface area contributed by atoms with E-state index in [0.717, 1.165) is 121 Å². The van der Waals surface area contributed by atoms with Gasteiger partial charge in [0.25, 0.3) is 0 Å². The predicted octanol–water partition coefficient (Wildman–Crippen LogP) is 18.8. The fourth-order valence-corrected chi connectivity index (χ4v) is 14.7. The summed E-state index contributed by atoms with van der Waals surface area (Å²) in [6.45, 7) is 56.6. The molecule has 84 heavy (non-hydrogen) atoms. The van der Waals surface area contributed by atoms with Gasteiger partial charge in [-0.15, -0.1) is 0 Å². The van der Waals surface area contributed by atoms with Crippen LogP contribution in [0.4, 0.5) is 22.7 Å². The summed E-state index contributed by atoms with van der Waals surface area (Å²) in [5.41, 5.74) is 26.1. The van der Waals surface area contributed by atoms with Gasteiger partial charge in [-0.2, -0.15) is 0 Å². The van der Waals surface area contributed by atoms with E-state index in [4.69, 9.17) is 20.0 Å². The molecule has 0 fully saturated rings. The van der Waals surface area contributed by atoms with E-state index in [1.54, 1.807) is 0 Å². The Kier molecular flexibility index (Phi) is 32.9. The zero-order chi connectivity index (χ0) is 63.4. The Morgan fingerprint density at radius 2 is 0.417 bits per heavy atom. The third-order valence-corrected chi connectivity index (χ3v) is 22.8. The summed E-state index contributed by atoms with van der Waals surface area (Å²) in [4.78, 5) is 19.4.